The summed E-state index contributed by atoms with van der Waals surface area (Å²) in [7, 11) is -5.14. The first-order chi connectivity index (χ1) is 7.91. The summed E-state index contributed by atoms with van der Waals surface area (Å²) < 4.78 is 8.66. The minimum Gasteiger partial charge on any atom is -1.00 e. The second-order valence-corrected chi connectivity index (χ2v) is 3.90. The Hall–Kier alpha value is 5.80. The van der Waals surface area contributed by atoms with E-state index in [1.165, 1.54) is 0 Å². The molecular weight excluding hydrogens is 488 g/mol. The molecule has 12 nitrogen and oxygen atoms in total. The second-order valence-electron chi connectivity index (χ2n) is 2.96. The van der Waals surface area contributed by atoms with Crippen molar-refractivity contribution in [1.29, 1.82) is 0 Å². The molecule has 4 atom stereocenters. The second kappa shape index (κ2) is 28.8. The zero-order valence-corrected chi connectivity index (χ0v) is 26.4. The molecule has 18 heteroatoms. The van der Waals surface area contributed by atoms with Crippen molar-refractivity contribution in [2.75, 3.05) is 6.61 Å². The van der Waals surface area contributed by atoms with Crippen LogP contribution in [0.2, 0.25) is 0 Å². The van der Waals surface area contributed by atoms with Gasteiger partial charge in [-0.15, -0.1) is 0 Å². The number of aliphatic carboxylic acids is 1. The number of carbonyl (C=O) groups is 1. The quantitative estimate of drug-likeness (QED) is 0.152. The Morgan fingerprint density at radius 1 is 1.00 bits per heavy atom. The Bertz CT molecular complexity index is 304. The first kappa shape index (κ1) is 52.0. The van der Waals surface area contributed by atoms with Gasteiger partial charge in [-0.2, -0.15) is 0 Å². The van der Waals surface area contributed by atoms with Gasteiger partial charge < -0.3 is 72.6 Å². The number of halogens is 1. The Kier molecular flexibility index (Phi) is 62.4. The number of hydrogen-bond acceptors (Lipinski definition) is 11. The van der Waals surface area contributed by atoms with Gasteiger partial charge in [-0.05, 0) is 0 Å². The van der Waals surface area contributed by atoms with E-state index >= 15 is 0 Å². The molecule has 0 aromatic carbocycles. The molecule has 0 aliphatic rings. The molecule has 0 bridgehead atoms. The number of carboxylic acid groups (broad SMARTS) is 1. The van der Waals surface area contributed by atoms with Gasteiger partial charge >= 0.3 is 192 Å². The van der Waals surface area contributed by atoms with E-state index in [0.717, 1.165) is 0 Å². The SMILES string of the molecule is O=C([O-])C(O)C(O)C(O)C(O)CO.O=P([O-])([O-])O.[Ca+2].[Cl-].[K+].[K+].[K+].[OH-]. The van der Waals surface area contributed by atoms with Crippen LogP contribution in [0, 0.1) is 0 Å². The van der Waals surface area contributed by atoms with Crippen molar-refractivity contribution in [3.63, 3.8) is 0 Å². The third-order valence-electron chi connectivity index (χ3n) is 1.50. The first-order valence-corrected chi connectivity index (χ1v) is 5.70. The monoisotopic (exact) mass is 500 g/mol. The van der Waals surface area contributed by atoms with Crippen LogP contribution in [0.4, 0.5) is 0 Å². The Morgan fingerprint density at radius 2 is 1.25 bits per heavy atom. The van der Waals surface area contributed by atoms with E-state index in [-0.39, 0.29) is 210 Å². The predicted octanol–water partition coefficient (Wildman–Crippen LogP) is -19.6. The topological polar surface area (TPSA) is 255 Å². The maximum absolute atomic E-state index is 9.98. The van der Waals surface area contributed by atoms with Crippen molar-refractivity contribution in [3.8, 4) is 0 Å². The third-order valence-corrected chi connectivity index (χ3v) is 1.50. The summed E-state index contributed by atoms with van der Waals surface area (Å²) in [4.78, 5) is 34.3. The van der Waals surface area contributed by atoms with E-state index in [0.29, 0.717) is 0 Å². The zero-order valence-electron chi connectivity index (χ0n) is 13.2. The normalized spacial score (nSPS) is 13.5. The van der Waals surface area contributed by atoms with Crippen molar-refractivity contribution < 1.29 is 227 Å². The standard InChI is InChI=1S/C6H12O7.Ca.ClH.3K.H3O4P.H2O/c7-1-2(8)3(9)4(10)5(11)6(12)13;;;;;;1-5(2,3)4;/h2-5,7-11H,1H2,(H,12,13);;1H;;;;(H3,1,2,3,4);1H2/q;+2;;3*+1;;/p-5. The van der Waals surface area contributed by atoms with E-state index in [2.05, 4.69) is 0 Å². The van der Waals surface area contributed by atoms with Crippen LogP contribution in [0.5, 0.6) is 0 Å². The molecule has 0 radical (unpaired) electrons. The van der Waals surface area contributed by atoms with Gasteiger partial charge in [0.1, 0.15) is 24.4 Å². The van der Waals surface area contributed by atoms with Crippen LogP contribution in [-0.2, 0) is 9.36 Å². The molecule has 0 amide bonds. The number of carbonyl (C=O) groups excluding carboxylic acids is 1. The molecule has 24 heavy (non-hydrogen) atoms. The molecule has 0 aromatic heterocycles. The van der Waals surface area contributed by atoms with Crippen LogP contribution in [0.25, 0.3) is 0 Å². The van der Waals surface area contributed by atoms with Gasteiger partial charge in [0.2, 0.25) is 0 Å². The van der Waals surface area contributed by atoms with Gasteiger partial charge in [-0.3, -0.25) is 0 Å². The van der Waals surface area contributed by atoms with Crippen LogP contribution >= 0.6 is 7.82 Å². The summed E-state index contributed by atoms with van der Waals surface area (Å²) in [5.41, 5.74) is 0. The molecule has 7 N–H and O–H groups in total. The number of hydrogen-bond donors (Lipinski definition) is 6. The van der Waals surface area contributed by atoms with Gasteiger partial charge in [-0.25, -0.2) is 0 Å². The summed E-state index contributed by atoms with van der Waals surface area (Å²) in [5, 5.41) is 53.4. The fourth-order valence-electron chi connectivity index (χ4n) is 0.662. The molecule has 0 spiro atoms. The maximum Gasteiger partial charge on any atom is 2.00 e. The van der Waals surface area contributed by atoms with Crippen molar-refractivity contribution in [1.82, 2.24) is 0 Å². The Morgan fingerprint density at radius 3 is 1.42 bits per heavy atom. The maximum atomic E-state index is 9.98. The van der Waals surface area contributed by atoms with E-state index in [4.69, 9.17) is 44.8 Å². The van der Waals surface area contributed by atoms with Gasteiger partial charge in [0.25, 0.3) is 0 Å². The van der Waals surface area contributed by atoms with Crippen LogP contribution in [0.15, 0.2) is 0 Å². The van der Waals surface area contributed by atoms with E-state index in [1.807, 2.05) is 0 Å². The molecule has 4 unspecified atom stereocenters. The summed E-state index contributed by atoms with van der Waals surface area (Å²) in [5.74, 6) is -1.98. The fourth-order valence-corrected chi connectivity index (χ4v) is 0.662. The molecular formula is C6H13CaClK3O12P. The molecule has 0 aliphatic heterocycles. The number of rotatable bonds is 5. The molecule has 0 rings (SSSR count). The average Bonchev–Trinajstić information content (AvgIpc) is 2.22. The summed E-state index contributed by atoms with van der Waals surface area (Å²) in [6.07, 6.45) is -8.08. The molecule has 0 aromatic rings. The van der Waals surface area contributed by atoms with E-state index in [1.54, 1.807) is 0 Å². The molecule has 0 saturated heterocycles. The van der Waals surface area contributed by atoms with Gasteiger partial charge in [-0.1, -0.05) is 0 Å². The van der Waals surface area contributed by atoms with Crippen LogP contribution in [0.1, 0.15) is 0 Å². The Balaban J connectivity index is -0.0000000347. The summed E-state index contributed by atoms with van der Waals surface area (Å²) in [6, 6.07) is 0. The fraction of sp³-hybridized carbons (Fsp3) is 0.833. The van der Waals surface area contributed by atoms with Crippen molar-refractivity contribution in [2.45, 2.75) is 24.4 Å². The number of phosphoric acid groups is 1. The summed E-state index contributed by atoms with van der Waals surface area (Å²) >= 11 is 0. The van der Waals surface area contributed by atoms with Crippen LogP contribution in [-0.4, -0.2) is 111 Å². The molecule has 0 fully saturated rings. The van der Waals surface area contributed by atoms with E-state index in [9.17, 15) is 9.90 Å². The number of carboxylic acids is 1. The molecule has 0 heterocycles. The predicted molar refractivity (Wildman–Crippen MR) is 53.6 cm³/mol. The zero-order chi connectivity index (χ0) is 15.1. The minimum absolute atomic E-state index is 0. The largest absolute Gasteiger partial charge is 2.00 e. The van der Waals surface area contributed by atoms with Crippen molar-refractivity contribution in [2.24, 2.45) is 0 Å². The number of aliphatic hydroxyl groups excluding tert-OH is 5. The first-order valence-electron chi connectivity index (χ1n) is 4.20. The summed E-state index contributed by atoms with van der Waals surface area (Å²) in [6.45, 7) is -0.863. The van der Waals surface area contributed by atoms with Crippen molar-refractivity contribution >= 4 is 51.5 Å². The van der Waals surface area contributed by atoms with Gasteiger partial charge in [0.15, 0.2) is 0 Å². The van der Waals surface area contributed by atoms with Crippen LogP contribution < -0.4 is 181 Å². The van der Waals surface area contributed by atoms with Crippen LogP contribution in [0.3, 0.4) is 0 Å². The number of aliphatic hydroxyl groups is 5. The third kappa shape index (κ3) is 35.2. The van der Waals surface area contributed by atoms with Crippen molar-refractivity contribution in [3.05, 3.63) is 0 Å². The van der Waals surface area contributed by atoms with E-state index < -0.39 is 44.8 Å². The molecule has 126 valence electrons. The Labute approximate surface area is 301 Å². The van der Waals surface area contributed by atoms with Gasteiger partial charge in [0, 0.05) is 0 Å². The smallest absolute Gasteiger partial charge is 1.00 e. The minimum atomic E-state index is -5.14. The molecule has 0 aliphatic carbocycles. The molecule has 0 saturated carbocycles. The average molecular weight is 501 g/mol. The van der Waals surface area contributed by atoms with Gasteiger partial charge in [0.05, 0.1) is 20.4 Å².